The molecule has 2 aromatic heterocycles. The van der Waals surface area contributed by atoms with Gasteiger partial charge in [0.25, 0.3) is 5.91 Å². The molecule has 8 heteroatoms. The fourth-order valence-corrected chi connectivity index (χ4v) is 4.28. The Balaban J connectivity index is 1.55. The first-order valence-electron chi connectivity index (χ1n) is 10.3. The van der Waals surface area contributed by atoms with Crippen molar-refractivity contribution in [2.75, 3.05) is 36.5 Å². The Bertz CT molecular complexity index is 1130. The second kappa shape index (κ2) is 7.56. The topological polar surface area (TPSA) is 72.3 Å². The van der Waals surface area contributed by atoms with Crippen LogP contribution >= 0.6 is 11.6 Å². The lowest BCUT2D eigenvalue weighted by Crippen LogP contribution is -2.36. The van der Waals surface area contributed by atoms with Crippen molar-refractivity contribution < 1.29 is 9.53 Å². The molecule has 3 heterocycles. The van der Waals surface area contributed by atoms with Crippen LogP contribution in [-0.4, -0.2) is 47.0 Å². The van der Waals surface area contributed by atoms with Gasteiger partial charge in [0.05, 0.1) is 41.2 Å². The van der Waals surface area contributed by atoms with E-state index in [2.05, 4.69) is 15.3 Å². The van der Waals surface area contributed by atoms with E-state index in [4.69, 9.17) is 21.3 Å². The molecule has 7 nitrogen and oxygen atoms in total. The number of hydrogen-bond acceptors (Lipinski definition) is 5. The molecule has 1 saturated carbocycles. The second-order valence-electron chi connectivity index (χ2n) is 7.99. The van der Waals surface area contributed by atoms with E-state index in [1.807, 2.05) is 32.2 Å². The van der Waals surface area contributed by atoms with Crippen molar-refractivity contribution in [2.24, 2.45) is 7.05 Å². The third-order valence-corrected chi connectivity index (χ3v) is 6.02. The van der Waals surface area contributed by atoms with E-state index >= 15 is 0 Å². The molecule has 1 amide bonds. The number of carbonyl (C=O) groups is 1. The predicted octanol–water partition coefficient (Wildman–Crippen LogP) is 3.90. The molecule has 0 unspecified atom stereocenters. The maximum Gasteiger partial charge on any atom is 0.256 e. The highest BCUT2D eigenvalue weighted by molar-refractivity contribution is 6.31. The van der Waals surface area contributed by atoms with Crippen LogP contribution in [0.4, 0.5) is 11.4 Å². The Hall–Kier alpha value is -2.64. The number of fused-ring (bicyclic) bond motifs is 1. The van der Waals surface area contributed by atoms with Crippen molar-refractivity contribution in [1.29, 1.82) is 0 Å². The summed E-state index contributed by atoms with van der Waals surface area (Å²) in [5, 5.41) is 8.99. The van der Waals surface area contributed by atoms with Crippen LogP contribution in [0.2, 0.25) is 5.02 Å². The first-order chi connectivity index (χ1) is 14.5. The number of benzene rings is 1. The molecule has 1 saturated heterocycles. The summed E-state index contributed by atoms with van der Waals surface area (Å²) >= 11 is 6.27. The number of carbonyl (C=O) groups excluding carboxylic acids is 1. The molecule has 156 valence electrons. The fraction of sp³-hybridized carbons (Fsp3) is 0.409. The van der Waals surface area contributed by atoms with Crippen LogP contribution in [0.1, 0.15) is 40.5 Å². The van der Waals surface area contributed by atoms with E-state index in [9.17, 15) is 4.79 Å². The Labute approximate surface area is 180 Å². The number of aryl methyl sites for hydroxylation is 2. The van der Waals surface area contributed by atoms with Gasteiger partial charge in [-0.05, 0) is 44.0 Å². The van der Waals surface area contributed by atoms with Crippen molar-refractivity contribution >= 4 is 39.9 Å². The Morgan fingerprint density at radius 3 is 2.73 bits per heavy atom. The van der Waals surface area contributed by atoms with Crippen molar-refractivity contribution in [3.05, 3.63) is 46.2 Å². The van der Waals surface area contributed by atoms with E-state index < -0.39 is 0 Å². The highest BCUT2D eigenvalue weighted by Gasteiger charge is 2.29. The first-order valence-corrected chi connectivity index (χ1v) is 10.7. The zero-order valence-electron chi connectivity index (χ0n) is 17.1. The summed E-state index contributed by atoms with van der Waals surface area (Å²) in [6, 6.07) is 7.54. The van der Waals surface area contributed by atoms with Crippen molar-refractivity contribution in [3.8, 4) is 0 Å². The van der Waals surface area contributed by atoms with Crippen molar-refractivity contribution in [3.63, 3.8) is 0 Å². The molecule has 1 aliphatic carbocycles. The van der Waals surface area contributed by atoms with Gasteiger partial charge < -0.3 is 15.0 Å². The molecule has 0 bridgehead atoms. The normalized spacial score (nSPS) is 16.8. The third-order valence-electron chi connectivity index (χ3n) is 5.79. The molecule has 2 fully saturated rings. The van der Waals surface area contributed by atoms with E-state index in [1.165, 1.54) is 0 Å². The zero-order valence-corrected chi connectivity index (χ0v) is 17.9. The van der Waals surface area contributed by atoms with E-state index in [1.54, 1.807) is 10.7 Å². The second-order valence-corrected chi connectivity index (χ2v) is 8.43. The molecule has 30 heavy (non-hydrogen) atoms. The lowest BCUT2D eigenvalue weighted by atomic mass is 10.1. The average molecular weight is 426 g/mol. The van der Waals surface area contributed by atoms with Crippen LogP contribution in [-0.2, 0) is 11.8 Å². The van der Waals surface area contributed by atoms with Gasteiger partial charge in [0, 0.05) is 36.8 Å². The lowest BCUT2D eigenvalue weighted by molar-refractivity contribution is 0.102. The van der Waals surface area contributed by atoms with Gasteiger partial charge in [0.15, 0.2) is 5.65 Å². The standard InChI is InChI=1S/C22H24ClN5O2/c1-13-20-16(12-17(14-3-4-14)24-21(20)27(2)26-13)22(29)25-18-11-15(23)5-6-19(18)28-7-9-30-10-8-28/h5-6,11-12,14H,3-4,7-10H2,1-2H3,(H,25,29). The average Bonchev–Trinajstić information content (AvgIpc) is 3.54. The summed E-state index contributed by atoms with van der Waals surface area (Å²) in [5.74, 6) is 0.267. The van der Waals surface area contributed by atoms with Crippen LogP contribution in [0.5, 0.6) is 0 Å². The monoisotopic (exact) mass is 425 g/mol. The molecule has 0 atom stereocenters. The summed E-state index contributed by atoms with van der Waals surface area (Å²) < 4.78 is 7.22. The van der Waals surface area contributed by atoms with Gasteiger partial charge in [0.1, 0.15) is 0 Å². The molecule has 2 aliphatic rings. The SMILES string of the molecule is Cc1nn(C)c2nc(C3CC3)cc(C(=O)Nc3cc(Cl)ccc3N3CCOCC3)c12. The predicted molar refractivity (Wildman–Crippen MR) is 118 cm³/mol. The summed E-state index contributed by atoms with van der Waals surface area (Å²) in [5.41, 5.74) is 4.78. The van der Waals surface area contributed by atoms with Gasteiger partial charge in [-0.2, -0.15) is 5.10 Å². The summed E-state index contributed by atoms with van der Waals surface area (Å²) in [6.07, 6.45) is 2.23. The van der Waals surface area contributed by atoms with Gasteiger partial charge in [-0.1, -0.05) is 11.6 Å². The number of ether oxygens (including phenoxy) is 1. The summed E-state index contributed by atoms with van der Waals surface area (Å²) in [7, 11) is 1.87. The number of nitrogens with zero attached hydrogens (tertiary/aromatic N) is 4. The minimum absolute atomic E-state index is 0.169. The number of pyridine rings is 1. The molecule has 1 aliphatic heterocycles. The molecule has 5 rings (SSSR count). The summed E-state index contributed by atoms with van der Waals surface area (Å²) in [6.45, 7) is 4.80. The first kappa shape index (κ1) is 19.3. The number of morpholine rings is 1. The molecule has 0 spiro atoms. The molecule has 0 radical (unpaired) electrons. The molecular formula is C22H24ClN5O2. The Morgan fingerprint density at radius 1 is 1.23 bits per heavy atom. The van der Waals surface area contributed by atoms with Gasteiger partial charge in [-0.25, -0.2) is 4.98 Å². The number of halogens is 1. The zero-order chi connectivity index (χ0) is 20.8. The fourth-order valence-electron chi connectivity index (χ4n) is 4.11. The van der Waals surface area contributed by atoms with Crippen LogP contribution in [0.25, 0.3) is 11.0 Å². The lowest BCUT2D eigenvalue weighted by Gasteiger charge is -2.30. The van der Waals surface area contributed by atoms with Gasteiger partial charge in [-0.3, -0.25) is 9.48 Å². The smallest absolute Gasteiger partial charge is 0.256 e. The summed E-state index contributed by atoms with van der Waals surface area (Å²) in [4.78, 5) is 20.5. The highest BCUT2D eigenvalue weighted by atomic mass is 35.5. The minimum atomic E-state index is -0.169. The Morgan fingerprint density at radius 2 is 2.00 bits per heavy atom. The maximum atomic E-state index is 13.5. The number of anilines is 2. The molecule has 3 aromatic rings. The minimum Gasteiger partial charge on any atom is -0.378 e. The van der Waals surface area contributed by atoms with Crippen LogP contribution in [0.3, 0.4) is 0 Å². The maximum absolute atomic E-state index is 13.5. The van der Waals surface area contributed by atoms with E-state index in [0.717, 1.165) is 54.0 Å². The number of nitrogens with one attached hydrogen (secondary N) is 1. The van der Waals surface area contributed by atoms with Gasteiger partial charge in [-0.15, -0.1) is 0 Å². The van der Waals surface area contributed by atoms with Crippen molar-refractivity contribution in [1.82, 2.24) is 14.8 Å². The number of amides is 1. The largest absolute Gasteiger partial charge is 0.378 e. The van der Waals surface area contributed by atoms with Crippen LogP contribution < -0.4 is 10.2 Å². The highest BCUT2D eigenvalue weighted by Crippen LogP contribution is 2.40. The molecule has 1 N–H and O–H groups in total. The molecular weight excluding hydrogens is 402 g/mol. The van der Waals surface area contributed by atoms with E-state index in [-0.39, 0.29) is 5.91 Å². The quantitative estimate of drug-likeness (QED) is 0.686. The van der Waals surface area contributed by atoms with Gasteiger partial charge in [0.2, 0.25) is 0 Å². The Kier molecular flexibility index (Phi) is 4.87. The number of rotatable bonds is 4. The third kappa shape index (κ3) is 3.52. The number of aromatic nitrogens is 3. The van der Waals surface area contributed by atoms with Crippen molar-refractivity contribution in [2.45, 2.75) is 25.7 Å². The van der Waals surface area contributed by atoms with E-state index in [0.29, 0.717) is 35.4 Å². The molecule has 1 aromatic carbocycles. The number of hydrogen-bond donors (Lipinski definition) is 1. The van der Waals surface area contributed by atoms with Crippen LogP contribution in [0.15, 0.2) is 24.3 Å². The van der Waals surface area contributed by atoms with Gasteiger partial charge >= 0.3 is 0 Å². The van der Waals surface area contributed by atoms with Crippen LogP contribution in [0, 0.1) is 6.92 Å².